The highest BCUT2D eigenvalue weighted by atomic mass is 32.1. The van der Waals surface area contributed by atoms with Crippen LogP contribution in [0.15, 0.2) is 30.3 Å². The number of thiophene rings is 1. The van der Waals surface area contributed by atoms with Gasteiger partial charge < -0.3 is 5.32 Å². The Labute approximate surface area is 120 Å². The van der Waals surface area contributed by atoms with E-state index < -0.39 is 0 Å². The van der Waals surface area contributed by atoms with Crippen LogP contribution in [0.3, 0.4) is 0 Å². The van der Waals surface area contributed by atoms with Gasteiger partial charge in [-0.2, -0.15) is 0 Å². The molecule has 0 aliphatic rings. The van der Waals surface area contributed by atoms with Gasteiger partial charge in [0.15, 0.2) is 0 Å². The van der Waals surface area contributed by atoms with E-state index in [-0.39, 0.29) is 0 Å². The first-order chi connectivity index (χ1) is 9.17. The second-order valence-electron chi connectivity index (χ2n) is 4.91. The highest BCUT2D eigenvalue weighted by Gasteiger charge is 2.19. The lowest BCUT2D eigenvalue weighted by Gasteiger charge is -2.21. The van der Waals surface area contributed by atoms with Crippen molar-refractivity contribution in [2.24, 2.45) is 0 Å². The van der Waals surface area contributed by atoms with Crippen LogP contribution in [-0.2, 0) is 6.42 Å². The Bertz CT molecular complexity index is 542. The zero-order valence-electron chi connectivity index (χ0n) is 12.3. The average Bonchev–Trinajstić information content (AvgIpc) is 2.75. The molecule has 0 bridgehead atoms. The van der Waals surface area contributed by atoms with Gasteiger partial charge in [0.2, 0.25) is 0 Å². The Hall–Kier alpha value is -1.12. The second-order valence-corrected chi connectivity index (χ2v) is 6.37. The van der Waals surface area contributed by atoms with Gasteiger partial charge in [-0.25, -0.2) is 0 Å². The minimum atomic E-state index is 0.325. The Morgan fingerprint density at radius 1 is 1.11 bits per heavy atom. The van der Waals surface area contributed by atoms with Crippen molar-refractivity contribution in [3.8, 4) is 0 Å². The van der Waals surface area contributed by atoms with Gasteiger partial charge in [0.1, 0.15) is 0 Å². The van der Waals surface area contributed by atoms with Gasteiger partial charge >= 0.3 is 0 Å². The smallest absolute Gasteiger partial charge is 0.0590 e. The normalized spacial score (nSPS) is 12.6. The lowest BCUT2D eigenvalue weighted by Crippen LogP contribution is -2.23. The lowest BCUT2D eigenvalue weighted by molar-refractivity contribution is 0.625. The Morgan fingerprint density at radius 3 is 2.42 bits per heavy atom. The lowest BCUT2D eigenvalue weighted by atomic mass is 9.93. The van der Waals surface area contributed by atoms with Gasteiger partial charge in [0.05, 0.1) is 6.04 Å². The monoisotopic (exact) mass is 273 g/mol. The van der Waals surface area contributed by atoms with E-state index in [1.807, 2.05) is 11.3 Å². The Kier molecular flexibility index (Phi) is 4.78. The predicted octanol–water partition coefficient (Wildman–Crippen LogP) is 4.63. The molecule has 0 fully saturated rings. The van der Waals surface area contributed by atoms with Crippen LogP contribution in [0, 0.1) is 13.8 Å². The third-order valence-electron chi connectivity index (χ3n) is 3.55. The summed E-state index contributed by atoms with van der Waals surface area (Å²) in [4.78, 5) is 2.82. The molecular formula is C17H23NS. The van der Waals surface area contributed by atoms with Crippen molar-refractivity contribution in [3.63, 3.8) is 0 Å². The average molecular weight is 273 g/mol. The van der Waals surface area contributed by atoms with Crippen molar-refractivity contribution in [3.05, 3.63) is 56.8 Å². The van der Waals surface area contributed by atoms with E-state index >= 15 is 0 Å². The molecule has 0 radical (unpaired) electrons. The van der Waals surface area contributed by atoms with Crippen molar-refractivity contribution >= 4 is 11.3 Å². The molecule has 0 amide bonds. The second kappa shape index (κ2) is 6.36. The topological polar surface area (TPSA) is 12.0 Å². The molecule has 1 atom stereocenters. The summed E-state index contributed by atoms with van der Waals surface area (Å²) >= 11 is 1.89. The molecule has 102 valence electrons. The Morgan fingerprint density at radius 2 is 1.84 bits per heavy atom. The van der Waals surface area contributed by atoms with Gasteiger partial charge in [-0.3, -0.25) is 0 Å². The summed E-state index contributed by atoms with van der Waals surface area (Å²) in [6.07, 6.45) is 1.08. The predicted molar refractivity (Wildman–Crippen MR) is 85.1 cm³/mol. The SMILES string of the molecule is CCNC(c1ccccc1CC)c1cc(C)sc1C. The van der Waals surface area contributed by atoms with Gasteiger partial charge in [-0.15, -0.1) is 11.3 Å². The molecule has 1 heterocycles. The molecule has 1 N–H and O–H groups in total. The van der Waals surface area contributed by atoms with E-state index in [2.05, 4.69) is 63.3 Å². The van der Waals surface area contributed by atoms with Crippen LogP contribution in [0.5, 0.6) is 0 Å². The van der Waals surface area contributed by atoms with Crippen molar-refractivity contribution in [1.82, 2.24) is 5.32 Å². The largest absolute Gasteiger partial charge is 0.306 e. The maximum absolute atomic E-state index is 3.65. The molecule has 2 aromatic rings. The molecule has 0 aliphatic heterocycles. The van der Waals surface area contributed by atoms with E-state index in [9.17, 15) is 0 Å². The summed E-state index contributed by atoms with van der Waals surface area (Å²) in [6.45, 7) is 9.81. The third-order valence-corrected chi connectivity index (χ3v) is 4.53. The minimum absolute atomic E-state index is 0.325. The van der Waals surface area contributed by atoms with Crippen LogP contribution >= 0.6 is 11.3 Å². The maximum atomic E-state index is 3.65. The first kappa shape index (κ1) is 14.3. The van der Waals surface area contributed by atoms with E-state index in [0.29, 0.717) is 6.04 Å². The number of hydrogen-bond donors (Lipinski definition) is 1. The number of hydrogen-bond acceptors (Lipinski definition) is 2. The first-order valence-electron chi connectivity index (χ1n) is 7.05. The highest BCUT2D eigenvalue weighted by molar-refractivity contribution is 7.12. The summed E-state index contributed by atoms with van der Waals surface area (Å²) in [6, 6.07) is 11.4. The van der Waals surface area contributed by atoms with Crippen LogP contribution in [-0.4, -0.2) is 6.54 Å². The van der Waals surface area contributed by atoms with E-state index in [4.69, 9.17) is 0 Å². The summed E-state index contributed by atoms with van der Waals surface area (Å²) < 4.78 is 0. The number of nitrogens with one attached hydrogen (secondary N) is 1. The summed E-state index contributed by atoms with van der Waals surface area (Å²) in [5.41, 5.74) is 4.30. The molecule has 2 heteroatoms. The molecule has 1 aromatic carbocycles. The van der Waals surface area contributed by atoms with E-state index in [0.717, 1.165) is 13.0 Å². The first-order valence-corrected chi connectivity index (χ1v) is 7.87. The summed E-state index contributed by atoms with van der Waals surface area (Å²) in [7, 11) is 0. The maximum Gasteiger partial charge on any atom is 0.0590 e. The van der Waals surface area contributed by atoms with Crippen LogP contribution in [0.25, 0.3) is 0 Å². The third kappa shape index (κ3) is 3.07. The summed E-state index contributed by atoms with van der Waals surface area (Å²) in [5, 5.41) is 3.65. The number of aryl methyl sites for hydroxylation is 3. The Balaban J connectivity index is 2.48. The molecular weight excluding hydrogens is 250 g/mol. The van der Waals surface area contributed by atoms with Gasteiger partial charge in [-0.1, -0.05) is 38.1 Å². The molecule has 0 spiro atoms. The molecule has 0 aliphatic carbocycles. The highest BCUT2D eigenvalue weighted by Crippen LogP contribution is 2.32. The molecule has 1 nitrogen and oxygen atoms in total. The van der Waals surface area contributed by atoms with Crippen molar-refractivity contribution < 1.29 is 0 Å². The fraction of sp³-hybridized carbons (Fsp3) is 0.412. The zero-order chi connectivity index (χ0) is 13.8. The van der Waals surface area contributed by atoms with Gasteiger partial charge in [-0.05, 0) is 49.6 Å². The molecule has 1 aromatic heterocycles. The molecule has 2 rings (SSSR count). The van der Waals surface area contributed by atoms with E-state index in [1.165, 1.54) is 26.4 Å². The van der Waals surface area contributed by atoms with Gasteiger partial charge in [0, 0.05) is 9.75 Å². The molecule has 0 saturated heterocycles. The van der Waals surface area contributed by atoms with Crippen molar-refractivity contribution in [2.45, 2.75) is 40.2 Å². The zero-order valence-corrected chi connectivity index (χ0v) is 13.1. The van der Waals surface area contributed by atoms with Crippen LogP contribution in [0.1, 0.15) is 46.3 Å². The fourth-order valence-corrected chi connectivity index (χ4v) is 3.63. The van der Waals surface area contributed by atoms with Crippen LogP contribution in [0.2, 0.25) is 0 Å². The number of rotatable bonds is 5. The molecule has 1 unspecified atom stereocenters. The molecule has 0 saturated carbocycles. The van der Waals surface area contributed by atoms with Crippen molar-refractivity contribution in [2.75, 3.05) is 6.54 Å². The quantitative estimate of drug-likeness (QED) is 0.837. The van der Waals surface area contributed by atoms with Crippen molar-refractivity contribution in [1.29, 1.82) is 0 Å². The van der Waals surface area contributed by atoms with E-state index in [1.54, 1.807) is 0 Å². The summed E-state index contributed by atoms with van der Waals surface area (Å²) in [5.74, 6) is 0. The van der Waals surface area contributed by atoms with Crippen LogP contribution < -0.4 is 5.32 Å². The standard InChI is InChI=1S/C17H23NS/c1-5-14-9-7-8-10-15(14)17(18-6-2)16-11-12(3)19-13(16)4/h7-11,17-18H,5-6H2,1-4H3. The van der Waals surface area contributed by atoms with Crippen LogP contribution in [0.4, 0.5) is 0 Å². The van der Waals surface area contributed by atoms with Gasteiger partial charge in [0.25, 0.3) is 0 Å². The minimum Gasteiger partial charge on any atom is -0.306 e. The number of benzene rings is 1. The fourth-order valence-electron chi connectivity index (χ4n) is 2.67. The molecule has 19 heavy (non-hydrogen) atoms.